The summed E-state index contributed by atoms with van der Waals surface area (Å²) in [6, 6.07) is 13.7. The third kappa shape index (κ3) is 4.59. The molecule has 4 rings (SSSR count). The Morgan fingerprint density at radius 1 is 1.10 bits per heavy atom. The fraction of sp³-hybridized carbons (Fsp3) is 0.333. The summed E-state index contributed by atoms with van der Waals surface area (Å²) < 4.78 is 20.9. The number of hydrogen-bond donors (Lipinski definition) is 0. The summed E-state index contributed by atoms with van der Waals surface area (Å²) >= 11 is 6.00. The number of carbonyl (C=O) groups excluding carboxylic acids is 2. The molecular weight excluding hydrogens is 419 g/mol. The van der Waals surface area contributed by atoms with Crippen LogP contribution in [-0.4, -0.2) is 41.0 Å². The zero-order valence-corrected chi connectivity index (χ0v) is 18.1. The van der Waals surface area contributed by atoms with Crippen molar-refractivity contribution < 1.29 is 18.7 Å². The van der Waals surface area contributed by atoms with E-state index in [0.29, 0.717) is 55.3 Å². The van der Waals surface area contributed by atoms with Gasteiger partial charge >= 0.3 is 5.97 Å². The average molecular weight is 443 g/mol. The molecule has 1 saturated heterocycles. The average Bonchev–Trinajstić information content (AvgIpc) is 3.12. The zero-order chi connectivity index (χ0) is 22.0. The predicted molar refractivity (Wildman–Crippen MR) is 118 cm³/mol. The Balaban J connectivity index is 1.61. The fourth-order valence-corrected chi connectivity index (χ4v) is 4.21. The van der Waals surface area contributed by atoms with Crippen LogP contribution >= 0.6 is 11.6 Å². The number of likely N-dealkylation sites (tertiary alicyclic amines) is 1. The standard InChI is InChI=1S/C24H24ClFN2O3/c1-2-31-24(30)17-9-11-27(12-10-17)23(29)22-13-18-5-8-20(26)14-21(18)28(22)15-16-3-6-19(25)7-4-16/h3-8,13-14,17H,2,9-12,15H2,1H3. The zero-order valence-electron chi connectivity index (χ0n) is 17.3. The SMILES string of the molecule is CCOC(=O)C1CCN(C(=O)c2cc3ccc(F)cc3n2Cc2ccc(Cl)cc2)CC1. The molecule has 162 valence electrons. The first kappa shape index (κ1) is 21.4. The van der Waals surface area contributed by atoms with Crippen LogP contribution in [0.25, 0.3) is 10.9 Å². The number of nitrogens with zero attached hydrogens (tertiary/aromatic N) is 2. The lowest BCUT2D eigenvalue weighted by Gasteiger charge is -2.31. The Morgan fingerprint density at radius 2 is 1.81 bits per heavy atom. The number of hydrogen-bond acceptors (Lipinski definition) is 3. The van der Waals surface area contributed by atoms with Crippen LogP contribution in [0.4, 0.5) is 4.39 Å². The minimum Gasteiger partial charge on any atom is -0.466 e. The first-order valence-corrected chi connectivity index (χ1v) is 10.8. The van der Waals surface area contributed by atoms with Crippen LogP contribution in [0.5, 0.6) is 0 Å². The molecule has 0 spiro atoms. The van der Waals surface area contributed by atoms with E-state index in [4.69, 9.17) is 16.3 Å². The number of aromatic nitrogens is 1. The number of rotatable bonds is 5. The quantitative estimate of drug-likeness (QED) is 0.528. The highest BCUT2D eigenvalue weighted by Gasteiger charge is 2.30. The maximum absolute atomic E-state index is 14.0. The number of esters is 1. The lowest BCUT2D eigenvalue weighted by Crippen LogP contribution is -2.41. The van der Waals surface area contributed by atoms with Gasteiger partial charge in [-0.3, -0.25) is 9.59 Å². The molecule has 1 aliphatic heterocycles. The number of fused-ring (bicyclic) bond motifs is 1. The van der Waals surface area contributed by atoms with Gasteiger partial charge < -0.3 is 14.2 Å². The molecule has 0 radical (unpaired) electrons. The van der Waals surface area contributed by atoms with Crippen molar-refractivity contribution in [1.29, 1.82) is 0 Å². The number of carbonyl (C=O) groups is 2. The second-order valence-corrected chi connectivity index (χ2v) is 8.20. The summed E-state index contributed by atoms with van der Waals surface area (Å²) in [6.07, 6.45) is 1.16. The molecule has 3 aromatic rings. The van der Waals surface area contributed by atoms with E-state index < -0.39 is 0 Å². The highest BCUT2D eigenvalue weighted by molar-refractivity contribution is 6.30. The minimum absolute atomic E-state index is 0.118. The van der Waals surface area contributed by atoms with E-state index in [1.54, 1.807) is 30.0 Å². The van der Waals surface area contributed by atoms with E-state index in [-0.39, 0.29) is 23.6 Å². The van der Waals surface area contributed by atoms with Gasteiger partial charge in [-0.2, -0.15) is 0 Å². The Hall–Kier alpha value is -2.86. The van der Waals surface area contributed by atoms with Gasteiger partial charge in [-0.25, -0.2) is 4.39 Å². The van der Waals surface area contributed by atoms with Crippen molar-refractivity contribution in [3.05, 3.63) is 70.6 Å². The number of piperidine rings is 1. The van der Waals surface area contributed by atoms with E-state index in [1.165, 1.54) is 12.1 Å². The van der Waals surface area contributed by atoms with Gasteiger partial charge in [0, 0.05) is 30.0 Å². The van der Waals surface area contributed by atoms with Crippen molar-refractivity contribution in [1.82, 2.24) is 9.47 Å². The number of ether oxygens (including phenoxy) is 1. The van der Waals surface area contributed by atoms with Crippen LogP contribution in [0.1, 0.15) is 35.8 Å². The molecule has 0 saturated carbocycles. The van der Waals surface area contributed by atoms with Crippen LogP contribution in [0.2, 0.25) is 5.02 Å². The van der Waals surface area contributed by atoms with Gasteiger partial charge in [0.1, 0.15) is 11.5 Å². The molecule has 1 amide bonds. The Kier molecular flexibility index (Phi) is 6.28. The predicted octanol–water partition coefficient (Wildman–Crippen LogP) is 4.90. The number of amides is 1. The lowest BCUT2D eigenvalue weighted by atomic mass is 9.97. The molecule has 0 atom stereocenters. The topological polar surface area (TPSA) is 51.5 Å². The molecule has 7 heteroatoms. The van der Waals surface area contributed by atoms with Crippen molar-refractivity contribution in [2.45, 2.75) is 26.3 Å². The molecule has 31 heavy (non-hydrogen) atoms. The monoisotopic (exact) mass is 442 g/mol. The first-order chi connectivity index (χ1) is 15.0. The molecule has 0 aliphatic carbocycles. The highest BCUT2D eigenvalue weighted by atomic mass is 35.5. The molecule has 2 aromatic carbocycles. The van der Waals surface area contributed by atoms with Crippen LogP contribution in [0.15, 0.2) is 48.5 Å². The maximum atomic E-state index is 14.0. The minimum atomic E-state index is -0.350. The van der Waals surface area contributed by atoms with E-state index in [2.05, 4.69) is 0 Å². The van der Waals surface area contributed by atoms with Crippen molar-refractivity contribution in [2.75, 3.05) is 19.7 Å². The normalized spacial score (nSPS) is 14.7. The highest BCUT2D eigenvalue weighted by Crippen LogP contribution is 2.26. The molecule has 5 nitrogen and oxygen atoms in total. The summed E-state index contributed by atoms with van der Waals surface area (Å²) in [5, 5.41) is 1.44. The van der Waals surface area contributed by atoms with E-state index in [0.717, 1.165) is 10.9 Å². The van der Waals surface area contributed by atoms with Crippen molar-refractivity contribution in [3.63, 3.8) is 0 Å². The first-order valence-electron chi connectivity index (χ1n) is 10.5. The van der Waals surface area contributed by atoms with Crippen LogP contribution < -0.4 is 0 Å². The third-order valence-corrected chi connectivity index (χ3v) is 5.99. The Labute approximate surface area is 185 Å². The van der Waals surface area contributed by atoms with Crippen molar-refractivity contribution in [2.24, 2.45) is 5.92 Å². The van der Waals surface area contributed by atoms with Gasteiger partial charge in [0.05, 0.1) is 18.0 Å². The third-order valence-electron chi connectivity index (χ3n) is 5.74. The van der Waals surface area contributed by atoms with E-state index in [9.17, 15) is 14.0 Å². The molecule has 0 unspecified atom stereocenters. The van der Waals surface area contributed by atoms with E-state index >= 15 is 0 Å². The van der Waals surface area contributed by atoms with Crippen LogP contribution in [0, 0.1) is 11.7 Å². The van der Waals surface area contributed by atoms with Crippen molar-refractivity contribution in [3.8, 4) is 0 Å². The summed E-state index contributed by atoms with van der Waals surface area (Å²) in [5.74, 6) is -0.829. The fourth-order valence-electron chi connectivity index (χ4n) is 4.09. The summed E-state index contributed by atoms with van der Waals surface area (Å²) in [5.41, 5.74) is 2.13. The van der Waals surface area contributed by atoms with Crippen LogP contribution in [0.3, 0.4) is 0 Å². The summed E-state index contributed by atoms with van der Waals surface area (Å²) in [6.45, 7) is 3.54. The molecule has 0 bridgehead atoms. The Morgan fingerprint density at radius 3 is 2.48 bits per heavy atom. The van der Waals surface area contributed by atoms with Gasteiger partial charge in [-0.05, 0) is 61.7 Å². The number of halogens is 2. The molecule has 0 N–H and O–H groups in total. The van der Waals surface area contributed by atoms with E-state index in [1.807, 2.05) is 22.8 Å². The smallest absolute Gasteiger partial charge is 0.309 e. The molecule has 1 aromatic heterocycles. The molecule has 1 aliphatic rings. The molecule has 1 fully saturated rings. The largest absolute Gasteiger partial charge is 0.466 e. The van der Waals surface area contributed by atoms with Gasteiger partial charge in [0.25, 0.3) is 5.91 Å². The lowest BCUT2D eigenvalue weighted by molar-refractivity contribution is -0.149. The van der Waals surface area contributed by atoms with Gasteiger partial charge in [-0.1, -0.05) is 23.7 Å². The second kappa shape index (κ2) is 9.10. The summed E-state index contributed by atoms with van der Waals surface area (Å²) in [7, 11) is 0. The van der Waals surface area contributed by atoms with Gasteiger partial charge in [-0.15, -0.1) is 0 Å². The molecule has 2 heterocycles. The summed E-state index contributed by atoms with van der Waals surface area (Å²) in [4.78, 5) is 27.2. The van der Waals surface area contributed by atoms with Gasteiger partial charge in [0.15, 0.2) is 0 Å². The number of benzene rings is 2. The van der Waals surface area contributed by atoms with Gasteiger partial charge in [0.2, 0.25) is 0 Å². The Bertz CT molecular complexity index is 1100. The van der Waals surface area contributed by atoms with Crippen molar-refractivity contribution >= 4 is 34.4 Å². The maximum Gasteiger partial charge on any atom is 0.309 e. The van der Waals surface area contributed by atoms with Crippen LogP contribution in [-0.2, 0) is 16.1 Å². The second-order valence-electron chi connectivity index (χ2n) is 7.76. The molecular formula is C24H24ClFN2O3.